The topological polar surface area (TPSA) is 89.0 Å². The molecule has 0 atom stereocenters. The number of alkyl halides is 3. The molecular formula is C73H37F3N6S3. The quantitative estimate of drug-likeness (QED) is 0.164. The van der Waals surface area contributed by atoms with E-state index in [0.29, 0.717) is 50.0 Å². The van der Waals surface area contributed by atoms with Gasteiger partial charge in [0, 0.05) is 153 Å². The van der Waals surface area contributed by atoms with Crippen molar-refractivity contribution in [3.8, 4) is 45.4 Å². The van der Waals surface area contributed by atoms with Crippen molar-refractivity contribution in [3.05, 3.63) is 217 Å². The van der Waals surface area contributed by atoms with Crippen molar-refractivity contribution in [2.75, 3.05) is 0 Å². The first-order chi connectivity index (χ1) is 41.7. The fraction of sp³-hybridized carbons (Fsp3) is 0.0137. The Morgan fingerprint density at radius 1 is 0.376 bits per heavy atom. The molecule has 0 spiro atoms. The van der Waals surface area contributed by atoms with Crippen LogP contribution in [-0.2, 0) is 6.18 Å². The number of nitrogens with zero attached hydrogens (tertiary/aromatic N) is 3. The van der Waals surface area contributed by atoms with Gasteiger partial charge in [0.25, 0.3) is 0 Å². The van der Waals surface area contributed by atoms with Gasteiger partial charge in [-0.2, -0.15) is 18.4 Å². The summed E-state index contributed by atoms with van der Waals surface area (Å²) < 4.78 is 53.1. The highest BCUT2D eigenvalue weighted by Crippen LogP contribution is 2.54. The van der Waals surface area contributed by atoms with Gasteiger partial charge in [0.15, 0.2) is 0 Å². The van der Waals surface area contributed by atoms with E-state index in [-0.39, 0.29) is 0 Å². The molecule has 0 aliphatic heterocycles. The van der Waals surface area contributed by atoms with Gasteiger partial charge < -0.3 is 15.0 Å². The van der Waals surface area contributed by atoms with Crippen LogP contribution in [-0.4, -0.2) is 24.5 Å². The molecular weight excluding hydrogens is 1110 g/mol. The number of hydrogen-bond acceptors (Lipinski definition) is 5. The number of rotatable bonds is 4. The predicted molar refractivity (Wildman–Crippen MR) is 351 cm³/mol. The first kappa shape index (κ1) is 47.2. The Hall–Kier alpha value is -10.3. The molecule has 19 aromatic rings. The zero-order valence-corrected chi connectivity index (χ0v) is 46.8. The molecule has 19 rings (SSSR count). The van der Waals surface area contributed by atoms with Gasteiger partial charge in [-0.25, -0.2) is 4.98 Å². The van der Waals surface area contributed by atoms with E-state index < -0.39 is 11.7 Å². The summed E-state index contributed by atoms with van der Waals surface area (Å²) in [6.07, 6.45) is -4.59. The van der Waals surface area contributed by atoms with Crippen LogP contribution in [0.4, 0.5) is 13.2 Å². The number of nitrogens with one attached hydrogen (secondary N) is 3. The fourth-order valence-corrected chi connectivity index (χ4v) is 17.5. The second-order valence-electron chi connectivity index (χ2n) is 22.1. The van der Waals surface area contributed by atoms with Crippen LogP contribution in [0.2, 0.25) is 0 Å². The lowest BCUT2D eigenvalue weighted by molar-refractivity contribution is -0.137. The summed E-state index contributed by atoms with van der Waals surface area (Å²) >= 11 is 5.16. The van der Waals surface area contributed by atoms with Crippen LogP contribution < -0.4 is 0 Å². The lowest BCUT2D eigenvalue weighted by atomic mass is 9.86. The lowest BCUT2D eigenvalue weighted by Gasteiger charge is -2.22. The molecule has 3 N–H and O–H groups in total. The Kier molecular flexibility index (Phi) is 9.41. The number of benzene rings is 11. The number of hydrogen-bond donors (Lipinski definition) is 3. The van der Waals surface area contributed by atoms with Crippen molar-refractivity contribution in [2.45, 2.75) is 6.18 Å². The van der Waals surface area contributed by atoms with E-state index in [1.807, 2.05) is 47.0 Å². The Morgan fingerprint density at radius 3 is 1.31 bits per heavy atom. The van der Waals surface area contributed by atoms with E-state index in [1.165, 1.54) is 6.07 Å². The third-order valence-electron chi connectivity index (χ3n) is 17.7. The maximum atomic E-state index is 14.9. The molecule has 8 heterocycles. The zero-order valence-electron chi connectivity index (χ0n) is 44.3. The van der Waals surface area contributed by atoms with Crippen molar-refractivity contribution >= 4 is 182 Å². The zero-order chi connectivity index (χ0) is 56.1. The molecule has 6 nitrogen and oxygen atoms in total. The molecule has 0 saturated heterocycles. The highest BCUT2D eigenvalue weighted by molar-refractivity contribution is 7.27. The SMILES string of the molecule is N#Cc1c(-c2cccc3sc4cc5c(cc4c23)[nH]c2ccccc25)c(-c2cccc3sc4cc5c(cc4c23)[nH]c2ccccc25)nc(-n2c3ccccc3c3cc(C(F)(F)F)ccc32)c1-c1cccc2sc3cc4c(cc3c12)[nH]c1ccccc14. The molecule has 85 heavy (non-hydrogen) atoms. The molecule has 11 aromatic carbocycles. The van der Waals surface area contributed by atoms with Crippen LogP contribution in [0, 0.1) is 11.3 Å². The first-order valence-corrected chi connectivity index (χ1v) is 30.3. The van der Waals surface area contributed by atoms with Crippen molar-refractivity contribution in [1.82, 2.24) is 24.5 Å². The molecule has 0 fully saturated rings. The number of halogens is 3. The summed E-state index contributed by atoms with van der Waals surface area (Å²) in [5.41, 5.74) is 11.3. The first-order valence-electron chi connectivity index (χ1n) is 27.9. The minimum absolute atomic E-state index is 0.393. The van der Waals surface area contributed by atoms with E-state index in [4.69, 9.17) is 4.98 Å². The van der Waals surface area contributed by atoms with Crippen LogP contribution in [0.25, 0.3) is 187 Å². The van der Waals surface area contributed by atoms with Gasteiger partial charge in [-0.1, -0.05) is 109 Å². The average molecular weight is 1150 g/mol. The predicted octanol–water partition coefficient (Wildman–Crippen LogP) is 22.1. The Bertz CT molecular complexity index is 6250. The van der Waals surface area contributed by atoms with Crippen LogP contribution in [0.3, 0.4) is 0 Å². The van der Waals surface area contributed by atoms with Gasteiger partial charge in [-0.3, -0.25) is 4.57 Å². The van der Waals surface area contributed by atoms with Crippen LogP contribution in [0.1, 0.15) is 11.1 Å². The Labute approximate surface area is 490 Å². The number of pyridine rings is 1. The van der Waals surface area contributed by atoms with Crippen molar-refractivity contribution < 1.29 is 13.2 Å². The normalized spacial score (nSPS) is 12.6. The molecule has 8 aromatic heterocycles. The summed E-state index contributed by atoms with van der Waals surface area (Å²) in [5.74, 6) is 0.427. The van der Waals surface area contributed by atoms with E-state index in [1.54, 1.807) is 40.1 Å². The van der Waals surface area contributed by atoms with Gasteiger partial charge in [-0.05, 0) is 108 Å². The van der Waals surface area contributed by atoms with Crippen molar-refractivity contribution in [3.63, 3.8) is 0 Å². The highest BCUT2D eigenvalue weighted by atomic mass is 32.1. The summed E-state index contributed by atoms with van der Waals surface area (Å²) in [5, 5.41) is 26.6. The fourth-order valence-electron chi connectivity index (χ4n) is 14.1. The summed E-state index contributed by atoms with van der Waals surface area (Å²) in [4.78, 5) is 17.2. The molecule has 0 bridgehead atoms. The number of para-hydroxylation sites is 4. The van der Waals surface area contributed by atoms with E-state index in [9.17, 15) is 18.4 Å². The average Bonchev–Trinajstić information content (AvgIpc) is 2.25. The molecule has 398 valence electrons. The minimum atomic E-state index is -4.59. The Balaban J connectivity index is 1.01. The summed E-state index contributed by atoms with van der Waals surface area (Å²) in [7, 11) is 0. The number of aromatic amines is 3. The second kappa shape index (κ2) is 16.9. The molecule has 0 aliphatic carbocycles. The number of aromatic nitrogens is 5. The maximum absolute atomic E-state index is 14.9. The highest BCUT2D eigenvalue weighted by Gasteiger charge is 2.34. The van der Waals surface area contributed by atoms with Gasteiger partial charge in [0.1, 0.15) is 11.9 Å². The minimum Gasteiger partial charge on any atom is -0.354 e. The van der Waals surface area contributed by atoms with E-state index >= 15 is 0 Å². The number of H-pyrrole nitrogens is 3. The van der Waals surface area contributed by atoms with E-state index in [0.717, 1.165) is 149 Å². The maximum Gasteiger partial charge on any atom is 0.416 e. The largest absolute Gasteiger partial charge is 0.416 e. The van der Waals surface area contributed by atoms with Crippen molar-refractivity contribution in [1.29, 1.82) is 5.26 Å². The molecule has 0 saturated carbocycles. The third-order valence-corrected chi connectivity index (χ3v) is 21.0. The van der Waals surface area contributed by atoms with Gasteiger partial charge in [0.05, 0.1) is 27.9 Å². The van der Waals surface area contributed by atoms with Crippen LogP contribution in [0.5, 0.6) is 0 Å². The molecule has 0 aliphatic rings. The number of thiophene rings is 3. The van der Waals surface area contributed by atoms with Gasteiger partial charge >= 0.3 is 6.18 Å². The number of fused-ring (bicyclic) bond motifs is 21. The summed E-state index contributed by atoms with van der Waals surface area (Å²) in [6, 6.07) is 72.2. The van der Waals surface area contributed by atoms with E-state index in [2.05, 4.69) is 167 Å². The smallest absolute Gasteiger partial charge is 0.354 e. The monoisotopic (exact) mass is 1150 g/mol. The molecule has 0 radical (unpaired) electrons. The van der Waals surface area contributed by atoms with Crippen LogP contribution >= 0.6 is 34.0 Å². The number of nitriles is 1. The molecule has 12 heteroatoms. The molecule has 0 unspecified atom stereocenters. The van der Waals surface area contributed by atoms with Crippen molar-refractivity contribution in [2.24, 2.45) is 0 Å². The second-order valence-corrected chi connectivity index (χ2v) is 25.4. The van der Waals surface area contributed by atoms with Crippen LogP contribution in [0.15, 0.2) is 206 Å². The third kappa shape index (κ3) is 6.54. The Morgan fingerprint density at radius 2 is 0.812 bits per heavy atom. The van der Waals surface area contributed by atoms with Gasteiger partial charge in [0.2, 0.25) is 0 Å². The summed E-state index contributed by atoms with van der Waals surface area (Å²) in [6.45, 7) is 0. The standard InChI is InChI=1S/C73H37F3N6S3/c74-73(75,76)36-26-27-59-47(28-36)40-15-4-8-22-58(40)82(59)72-70(42-17-10-24-61-67(42)49-30-56-45(33-64(49)84-61)38-13-2-6-20-53(38)79-56)51(35-77)69(41-16-9-23-60-66(41)48-29-55-44(32-63(48)83-60)37-12-1-5-19-52(37)78-55)71(81-72)43-18-11-25-62-68(43)50-31-57-46(34-65(50)85-62)39-14-3-7-21-54(39)80-57/h1-34,78-80H. The van der Waals surface area contributed by atoms with Gasteiger partial charge in [-0.15, -0.1) is 34.0 Å². The lowest BCUT2D eigenvalue weighted by Crippen LogP contribution is -2.08. The molecule has 0 amide bonds.